The molecule has 2 unspecified atom stereocenters. The normalized spacial score (nSPS) is 15.3. The maximum absolute atomic E-state index is 12.3. The summed E-state index contributed by atoms with van der Waals surface area (Å²) in [4.78, 5) is 12.3. The molecule has 0 saturated heterocycles. The molecule has 5 heteroatoms. The lowest BCUT2D eigenvalue weighted by atomic mass is 9.93. The summed E-state index contributed by atoms with van der Waals surface area (Å²) in [5.74, 6) is -0.714. The van der Waals surface area contributed by atoms with Gasteiger partial charge in [0.1, 0.15) is 5.92 Å². The summed E-state index contributed by atoms with van der Waals surface area (Å²) in [6.45, 7) is 8.03. The van der Waals surface area contributed by atoms with Gasteiger partial charge in [0.25, 0.3) is 0 Å². The minimum absolute atomic E-state index is 0.00403. The van der Waals surface area contributed by atoms with Crippen LogP contribution in [0.15, 0.2) is 5.16 Å². The molecule has 0 aliphatic rings. The van der Waals surface area contributed by atoms with Crippen LogP contribution >= 0.6 is 0 Å². The third kappa shape index (κ3) is 6.45. The van der Waals surface area contributed by atoms with Gasteiger partial charge in [-0.3, -0.25) is 4.79 Å². The molecule has 1 amide bonds. The average molecular weight is 271 g/mol. The van der Waals surface area contributed by atoms with Gasteiger partial charge in [-0.05, 0) is 18.8 Å². The Morgan fingerprint density at radius 2 is 1.89 bits per heavy atom. The lowest BCUT2D eigenvalue weighted by molar-refractivity contribution is -0.124. The second-order valence-electron chi connectivity index (χ2n) is 5.38. The molecular weight excluding hydrogens is 242 g/mol. The summed E-state index contributed by atoms with van der Waals surface area (Å²) < 4.78 is 0. The Hall–Kier alpha value is -1.26. The minimum atomic E-state index is -0.564. The molecule has 0 aromatic heterocycles. The van der Waals surface area contributed by atoms with Gasteiger partial charge in [0.2, 0.25) is 5.91 Å². The maximum Gasteiger partial charge on any atom is 0.231 e. The van der Waals surface area contributed by atoms with Crippen molar-refractivity contribution in [1.82, 2.24) is 5.32 Å². The molecule has 0 saturated carbocycles. The highest BCUT2D eigenvalue weighted by Crippen LogP contribution is 2.14. The zero-order valence-electron chi connectivity index (χ0n) is 12.6. The van der Waals surface area contributed by atoms with Crippen molar-refractivity contribution in [1.29, 1.82) is 0 Å². The Balaban J connectivity index is 4.66. The summed E-state index contributed by atoms with van der Waals surface area (Å²) >= 11 is 0. The zero-order chi connectivity index (χ0) is 14.8. The Bertz CT molecular complexity index is 290. The molecule has 4 N–H and O–H groups in total. The minimum Gasteiger partial charge on any atom is -0.409 e. The fourth-order valence-electron chi connectivity index (χ4n) is 2.22. The van der Waals surface area contributed by atoms with E-state index in [1.54, 1.807) is 0 Å². The first-order valence-electron chi connectivity index (χ1n) is 7.25. The molecular formula is C14H29N3O2. The maximum atomic E-state index is 12.3. The van der Waals surface area contributed by atoms with Gasteiger partial charge in [0.15, 0.2) is 5.84 Å². The van der Waals surface area contributed by atoms with Crippen molar-refractivity contribution in [3.8, 4) is 0 Å². The summed E-state index contributed by atoms with van der Waals surface area (Å²) in [5, 5.41) is 14.8. The van der Waals surface area contributed by atoms with Crippen molar-refractivity contribution in [3.05, 3.63) is 0 Å². The molecule has 0 aromatic rings. The van der Waals surface area contributed by atoms with Crippen LogP contribution in [0.2, 0.25) is 0 Å². The van der Waals surface area contributed by atoms with Crippen LogP contribution in [-0.4, -0.2) is 23.0 Å². The summed E-state index contributed by atoms with van der Waals surface area (Å²) in [6, 6.07) is 0.185. The van der Waals surface area contributed by atoms with Gasteiger partial charge < -0.3 is 16.3 Å². The first-order valence-corrected chi connectivity index (χ1v) is 7.25. The highest BCUT2D eigenvalue weighted by molar-refractivity contribution is 6.02. The fourth-order valence-corrected chi connectivity index (χ4v) is 2.22. The number of amidine groups is 1. The van der Waals surface area contributed by atoms with E-state index in [1.807, 2.05) is 13.8 Å². The SMILES string of the molecule is CCCCC(CCC)NC(=O)C(C(N)=NO)C(C)C. The van der Waals surface area contributed by atoms with Crippen molar-refractivity contribution in [2.24, 2.45) is 22.7 Å². The second kappa shape index (κ2) is 9.64. The number of unbranched alkanes of at least 4 members (excludes halogenated alkanes) is 1. The standard InChI is InChI=1S/C14H29N3O2/c1-5-7-9-11(8-6-2)16-14(18)12(10(3)4)13(15)17-19/h10-12,19H,5-9H2,1-4H3,(H2,15,17)(H,16,18). The fraction of sp³-hybridized carbons (Fsp3) is 0.857. The van der Waals surface area contributed by atoms with Crippen LogP contribution in [0.5, 0.6) is 0 Å². The van der Waals surface area contributed by atoms with Crippen LogP contribution in [0.3, 0.4) is 0 Å². The van der Waals surface area contributed by atoms with Crippen LogP contribution in [0.4, 0.5) is 0 Å². The zero-order valence-corrected chi connectivity index (χ0v) is 12.6. The number of nitrogens with zero attached hydrogens (tertiary/aromatic N) is 1. The molecule has 0 fully saturated rings. The number of carbonyl (C=O) groups excluding carboxylic acids is 1. The molecule has 0 aliphatic heterocycles. The molecule has 0 spiro atoms. The number of carbonyl (C=O) groups is 1. The molecule has 0 radical (unpaired) electrons. The van der Waals surface area contributed by atoms with Crippen LogP contribution in [-0.2, 0) is 4.79 Å². The van der Waals surface area contributed by atoms with Gasteiger partial charge in [-0.25, -0.2) is 0 Å². The molecule has 2 atom stereocenters. The van der Waals surface area contributed by atoms with E-state index in [0.29, 0.717) is 0 Å². The highest BCUT2D eigenvalue weighted by Gasteiger charge is 2.28. The van der Waals surface area contributed by atoms with Crippen LogP contribution < -0.4 is 11.1 Å². The van der Waals surface area contributed by atoms with E-state index in [-0.39, 0.29) is 23.7 Å². The van der Waals surface area contributed by atoms with Crippen LogP contribution in [0.25, 0.3) is 0 Å². The van der Waals surface area contributed by atoms with E-state index in [0.717, 1.165) is 32.1 Å². The summed E-state index contributed by atoms with van der Waals surface area (Å²) in [5.41, 5.74) is 5.61. The summed E-state index contributed by atoms with van der Waals surface area (Å²) in [6.07, 6.45) is 5.19. The monoisotopic (exact) mass is 271 g/mol. The Morgan fingerprint density at radius 1 is 1.26 bits per heavy atom. The van der Waals surface area contributed by atoms with Gasteiger partial charge in [-0.2, -0.15) is 0 Å². The molecule has 0 heterocycles. The van der Waals surface area contributed by atoms with Crippen molar-refractivity contribution in [2.75, 3.05) is 0 Å². The van der Waals surface area contributed by atoms with Gasteiger partial charge in [0, 0.05) is 6.04 Å². The van der Waals surface area contributed by atoms with E-state index in [2.05, 4.69) is 24.3 Å². The molecule has 19 heavy (non-hydrogen) atoms. The van der Waals surface area contributed by atoms with Gasteiger partial charge in [0.05, 0.1) is 0 Å². The van der Waals surface area contributed by atoms with Crippen molar-refractivity contribution in [3.63, 3.8) is 0 Å². The molecule has 112 valence electrons. The topological polar surface area (TPSA) is 87.7 Å². The van der Waals surface area contributed by atoms with Crippen molar-refractivity contribution in [2.45, 2.75) is 65.8 Å². The Morgan fingerprint density at radius 3 is 2.32 bits per heavy atom. The predicted octanol–water partition coefficient (Wildman–Crippen LogP) is 2.48. The quantitative estimate of drug-likeness (QED) is 0.260. The lowest BCUT2D eigenvalue weighted by Crippen LogP contribution is -2.45. The number of rotatable bonds is 9. The Kier molecular flexibility index (Phi) is 9.00. The van der Waals surface area contributed by atoms with E-state index < -0.39 is 5.92 Å². The van der Waals surface area contributed by atoms with Crippen LogP contribution in [0, 0.1) is 11.8 Å². The lowest BCUT2D eigenvalue weighted by Gasteiger charge is -2.23. The van der Waals surface area contributed by atoms with Crippen molar-refractivity contribution >= 4 is 11.7 Å². The smallest absolute Gasteiger partial charge is 0.231 e. The van der Waals surface area contributed by atoms with E-state index in [1.165, 1.54) is 0 Å². The Labute approximate surface area is 116 Å². The molecule has 0 aromatic carbocycles. The number of hydrogen-bond donors (Lipinski definition) is 3. The van der Waals surface area contributed by atoms with Gasteiger partial charge in [-0.1, -0.05) is 52.1 Å². The van der Waals surface area contributed by atoms with Crippen molar-refractivity contribution < 1.29 is 10.0 Å². The molecule has 0 bridgehead atoms. The van der Waals surface area contributed by atoms with Gasteiger partial charge in [-0.15, -0.1) is 0 Å². The number of nitrogens with two attached hydrogens (primary N) is 1. The molecule has 0 aliphatic carbocycles. The molecule has 5 nitrogen and oxygen atoms in total. The first-order chi connectivity index (χ1) is 8.97. The second-order valence-corrected chi connectivity index (χ2v) is 5.38. The van der Waals surface area contributed by atoms with Gasteiger partial charge >= 0.3 is 0 Å². The van der Waals surface area contributed by atoms with Crippen LogP contribution in [0.1, 0.15) is 59.8 Å². The number of hydrogen-bond acceptors (Lipinski definition) is 3. The van der Waals surface area contributed by atoms with E-state index in [9.17, 15) is 4.79 Å². The number of nitrogens with one attached hydrogen (secondary N) is 1. The molecule has 0 rings (SSSR count). The predicted molar refractivity (Wildman–Crippen MR) is 78.1 cm³/mol. The van der Waals surface area contributed by atoms with E-state index in [4.69, 9.17) is 10.9 Å². The highest BCUT2D eigenvalue weighted by atomic mass is 16.4. The third-order valence-corrected chi connectivity index (χ3v) is 3.27. The first kappa shape index (κ1) is 17.7. The largest absolute Gasteiger partial charge is 0.409 e. The van der Waals surface area contributed by atoms with E-state index >= 15 is 0 Å². The average Bonchev–Trinajstić information content (AvgIpc) is 2.35. The third-order valence-electron chi connectivity index (χ3n) is 3.27. The summed E-state index contributed by atoms with van der Waals surface area (Å²) in [7, 11) is 0. The number of oxime groups is 1. The number of amides is 1.